The Morgan fingerprint density at radius 3 is 2.71 bits per heavy atom. The molecule has 0 atom stereocenters. The average Bonchev–Trinajstić information content (AvgIpc) is 2.49. The zero-order valence-electron chi connectivity index (χ0n) is 11.7. The molecule has 1 aromatic carbocycles. The number of hydrogen-bond acceptors (Lipinski definition) is 4. The second kappa shape index (κ2) is 6.99. The Balaban J connectivity index is 2.47. The molecular formula is C15H17F2N3O. The quantitative estimate of drug-likeness (QED) is 0.890. The van der Waals surface area contributed by atoms with Gasteiger partial charge in [0.05, 0.1) is 19.0 Å². The SMILES string of the molecule is COc1ccccc1N(CCCN)c1ncc(F)cc1F. The first-order valence-electron chi connectivity index (χ1n) is 6.59. The number of rotatable bonds is 6. The molecule has 0 unspecified atom stereocenters. The number of para-hydroxylation sites is 2. The summed E-state index contributed by atoms with van der Waals surface area (Å²) in [6.07, 6.45) is 1.62. The number of pyridine rings is 1. The first kappa shape index (κ1) is 15.2. The number of methoxy groups -OCH3 is 1. The lowest BCUT2D eigenvalue weighted by Gasteiger charge is -2.25. The normalized spacial score (nSPS) is 10.5. The molecule has 21 heavy (non-hydrogen) atoms. The van der Waals surface area contributed by atoms with Crippen LogP contribution in [-0.2, 0) is 0 Å². The zero-order chi connectivity index (χ0) is 15.2. The van der Waals surface area contributed by atoms with Gasteiger partial charge in [-0.1, -0.05) is 12.1 Å². The summed E-state index contributed by atoms with van der Waals surface area (Å²) in [5.74, 6) is -0.803. The molecule has 0 fully saturated rings. The summed E-state index contributed by atoms with van der Waals surface area (Å²) in [5, 5.41) is 0. The Bertz CT molecular complexity index is 607. The van der Waals surface area contributed by atoms with Crippen LogP contribution in [-0.4, -0.2) is 25.2 Å². The number of nitrogens with zero attached hydrogens (tertiary/aromatic N) is 2. The summed E-state index contributed by atoms with van der Waals surface area (Å²) >= 11 is 0. The van der Waals surface area contributed by atoms with E-state index >= 15 is 0 Å². The van der Waals surface area contributed by atoms with Crippen molar-refractivity contribution in [3.63, 3.8) is 0 Å². The van der Waals surface area contributed by atoms with Gasteiger partial charge < -0.3 is 15.4 Å². The van der Waals surface area contributed by atoms with Crippen molar-refractivity contribution in [1.82, 2.24) is 4.98 Å². The summed E-state index contributed by atoms with van der Waals surface area (Å²) < 4.78 is 32.4. The van der Waals surface area contributed by atoms with Gasteiger partial charge in [-0.05, 0) is 25.1 Å². The van der Waals surface area contributed by atoms with Crippen LogP contribution in [0.25, 0.3) is 0 Å². The lowest BCUT2D eigenvalue weighted by Crippen LogP contribution is -2.23. The molecule has 1 aromatic heterocycles. The lowest BCUT2D eigenvalue weighted by atomic mass is 10.2. The maximum atomic E-state index is 14.0. The predicted molar refractivity (Wildman–Crippen MR) is 77.8 cm³/mol. The van der Waals surface area contributed by atoms with Gasteiger partial charge in [0.15, 0.2) is 11.6 Å². The van der Waals surface area contributed by atoms with Crippen LogP contribution in [0.1, 0.15) is 6.42 Å². The Labute approximate surface area is 122 Å². The molecule has 1 heterocycles. The van der Waals surface area contributed by atoms with Crippen molar-refractivity contribution >= 4 is 11.5 Å². The van der Waals surface area contributed by atoms with E-state index in [-0.39, 0.29) is 5.82 Å². The number of benzene rings is 1. The third-order valence-corrected chi connectivity index (χ3v) is 3.01. The van der Waals surface area contributed by atoms with Gasteiger partial charge in [0.2, 0.25) is 0 Å². The standard InChI is InChI=1S/C15H17F2N3O/c1-21-14-6-3-2-5-13(14)20(8-4-7-18)15-12(17)9-11(16)10-19-15/h2-3,5-6,9-10H,4,7-8,18H2,1H3. The fraction of sp³-hybridized carbons (Fsp3) is 0.267. The molecule has 0 amide bonds. The van der Waals surface area contributed by atoms with Crippen LogP contribution in [0.3, 0.4) is 0 Å². The van der Waals surface area contributed by atoms with E-state index in [2.05, 4.69) is 4.98 Å². The third-order valence-electron chi connectivity index (χ3n) is 3.01. The first-order chi connectivity index (χ1) is 10.2. The van der Waals surface area contributed by atoms with E-state index in [0.29, 0.717) is 30.9 Å². The molecule has 0 aliphatic heterocycles. The summed E-state index contributed by atoms with van der Waals surface area (Å²) in [6.45, 7) is 0.904. The predicted octanol–water partition coefficient (Wildman–Crippen LogP) is 2.86. The van der Waals surface area contributed by atoms with Crippen molar-refractivity contribution in [2.75, 3.05) is 25.1 Å². The molecule has 0 radical (unpaired) electrons. The monoisotopic (exact) mass is 293 g/mol. The van der Waals surface area contributed by atoms with Crippen LogP contribution >= 0.6 is 0 Å². The van der Waals surface area contributed by atoms with Crippen molar-refractivity contribution in [3.05, 3.63) is 48.2 Å². The molecule has 0 aliphatic rings. The van der Waals surface area contributed by atoms with E-state index in [9.17, 15) is 8.78 Å². The molecule has 6 heteroatoms. The lowest BCUT2D eigenvalue weighted by molar-refractivity contribution is 0.415. The molecule has 0 bridgehead atoms. The summed E-state index contributed by atoms with van der Waals surface area (Å²) in [7, 11) is 1.54. The Morgan fingerprint density at radius 2 is 2.05 bits per heavy atom. The van der Waals surface area contributed by atoms with Crippen LogP contribution in [0.15, 0.2) is 36.5 Å². The largest absolute Gasteiger partial charge is 0.495 e. The van der Waals surface area contributed by atoms with E-state index in [1.54, 1.807) is 17.0 Å². The number of ether oxygens (including phenoxy) is 1. The van der Waals surface area contributed by atoms with Gasteiger partial charge in [0.1, 0.15) is 11.6 Å². The molecule has 0 saturated carbocycles. The first-order valence-corrected chi connectivity index (χ1v) is 6.59. The molecular weight excluding hydrogens is 276 g/mol. The van der Waals surface area contributed by atoms with Gasteiger partial charge in [-0.2, -0.15) is 0 Å². The average molecular weight is 293 g/mol. The van der Waals surface area contributed by atoms with Crippen LogP contribution in [0.4, 0.5) is 20.3 Å². The van der Waals surface area contributed by atoms with Gasteiger partial charge in [-0.25, -0.2) is 13.8 Å². The van der Waals surface area contributed by atoms with E-state index in [4.69, 9.17) is 10.5 Å². The van der Waals surface area contributed by atoms with E-state index in [1.807, 2.05) is 12.1 Å². The van der Waals surface area contributed by atoms with E-state index < -0.39 is 11.6 Å². The topological polar surface area (TPSA) is 51.4 Å². The van der Waals surface area contributed by atoms with Gasteiger partial charge >= 0.3 is 0 Å². The Hall–Kier alpha value is -2.21. The fourth-order valence-corrected chi connectivity index (χ4v) is 2.05. The molecule has 112 valence electrons. The minimum atomic E-state index is -0.724. The fourth-order valence-electron chi connectivity index (χ4n) is 2.05. The van der Waals surface area contributed by atoms with Crippen molar-refractivity contribution in [2.24, 2.45) is 5.73 Å². The van der Waals surface area contributed by atoms with Gasteiger partial charge in [0, 0.05) is 12.6 Å². The molecule has 0 saturated heterocycles. The van der Waals surface area contributed by atoms with E-state index in [0.717, 1.165) is 12.3 Å². The number of anilines is 2. The highest BCUT2D eigenvalue weighted by Gasteiger charge is 2.18. The van der Waals surface area contributed by atoms with Gasteiger partial charge in [-0.3, -0.25) is 0 Å². The number of halogens is 2. The maximum Gasteiger partial charge on any atom is 0.169 e. The van der Waals surface area contributed by atoms with Crippen molar-refractivity contribution in [1.29, 1.82) is 0 Å². The second-order valence-electron chi connectivity index (χ2n) is 4.42. The van der Waals surface area contributed by atoms with Crippen LogP contribution in [0.2, 0.25) is 0 Å². The minimum absolute atomic E-state index is 0.0503. The molecule has 2 aromatic rings. The van der Waals surface area contributed by atoms with Gasteiger partial charge in [-0.15, -0.1) is 0 Å². The Kier molecular flexibility index (Phi) is 5.05. The molecule has 0 spiro atoms. The maximum absolute atomic E-state index is 14.0. The van der Waals surface area contributed by atoms with Crippen molar-refractivity contribution in [2.45, 2.75) is 6.42 Å². The highest BCUT2D eigenvalue weighted by Crippen LogP contribution is 2.33. The number of nitrogens with two attached hydrogens (primary N) is 1. The summed E-state index contributed by atoms with van der Waals surface area (Å²) in [5.41, 5.74) is 6.19. The van der Waals surface area contributed by atoms with E-state index in [1.165, 1.54) is 7.11 Å². The molecule has 0 aliphatic carbocycles. The molecule has 2 rings (SSSR count). The second-order valence-corrected chi connectivity index (χ2v) is 4.42. The van der Waals surface area contributed by atoms with Gasteiger partial charge in [0.25, 0.3) is 0 Å². The van der Waals surface area contributed by atoms with Crippen molar-refractivity contribution < 1.29 is 13.5 Å². The Morgan fingerprint density at radius 1 is 1.29 bits per heavy atom. The third kappa shape index (κ3) is 3.46. The highest BCUT2D eigenvalue weighted by molar-refractivity contribution is 5.67. The molecule has 4 nitrogen and oxygen atoms in total. The summed E-state index contributed by atoms with van der Waals surface area (Å²) in [4.78, 5) is 5.50. The molecule has 2 N–H and O–H groups in total. The zero-order valence-corrected chi connectivity index (χ0v) is 11.7. The van der Waals surface area contributed by atoms with Crippen LogP contribution in [0.5, 0.6) is 5.75 Å². The summed E-state index contributed by atoms with van der Waals surface area (Å²) in [6, 6.07) is 8.01. The number of hydrogen-bond donors (Lipinski definition) is 1. The minimum Gasteiger partial charge on any atom is -0.495 e. The van der Waals surface area contributed by atoms with Crippen LogP contribution < -0.4 is 15.4 Å². The highest BCUT2D eigenvalue weighted by atomic mass is 19.1. The van der Waals surface area contributed by atoms with Crippen molar-refractivity contribution in [3.8, 4) is 5.75 Å². The van der Waals surface area contributed by atoms with Crippen LogP contribution in [0, 0.1) is 11.6 Å². The number of aromatic nitrogens is 1. The smallest absolute Gasteiger partial charge is 0.169 e.